The van der Waals surface area contributed by atoms with Gasteiger partial charge in [-0.15, -0.1) is 0 Å². The third kappa shape index (κ3) is 5.89. The minimum Gasteiger partial charge on any atom is -0.356 e. The molecule has 0 unspecified atom stereocenters. The molecule has 0 aromatic rings. The zero-order chi connectivity index (χ0) is 8.85. The second-order valence-corrected chi connectivity index (χ2v) is 3.49. The summed E-state index contributed by atoms with van der Waals surface area (Å²) in [4.78, 5) is 10.5. The van der Waals surface area contributed by atoms with E-state index in [1.807, 2.05) is 0 Å². The Morgan fingerprint density at radius 2 is 1.91 bits per heavy atom. The van der Waals surface area contributed by atoms with E-state index in [1.54, 1.807) is 6.92 Å². The number of amides is 1. The maximum atomic E-state index is 10.5. The van der Waals surface area contributed by atoms with Gasteiger partial charge in [-0.25, -0.2) is 0 Å². The van der Waals surface area contributed by atoms with Crippen LogP contribution in [0.15, 0.2) is 0 Å². The first-order valence-corrected chi connectivity index (χ1v) is 4.28. The van der Waals surface area contributed by atoms with Crippen LogP contribution in [0.2, 0.25) is 0 Å². The molecule has 0 spiro atoms. The van der Waals surface area contributed by atoms with E-state index in [1.165, 1.54) is 0 Å². The van der Waals surface area contributed by atoms with Crippen molar-refractivity contribution in [1.82, 2.24) is 5.32 Å². The highest BCUT2D eigenvalue weighted by atomic mass is 16.1. The predicted molar refractivity (Wildman–Crippen MR) is 47.3 cm³/mol. The van der Waals surface area contributed by atoms with E-state index in [2.05, 4.69) is 26.1 Å². The largest absolute Gasteiger partial charge is 0.356 e. The van der Waals surface area contributed by atoms with E-state index in [9.17, 15) is 4.79 Å². The number of hydrogen-bond acceptors (Lipinski definition) is 1. The number of nitrogens with one attached hydrogen (secondary N) is 1. The SMILES string of the molecule is CC(=O)NCC[C@H](C)C(C)C. The van der Waals surface area contributed by atoms with Gasteiger partial charge in [0, 0.05) is 13.5 Å². The van der Waals surface area contributed by atoms with E-state index in [0.717, 1.165) is 13.0 Å². The summed E-state index contributed by atoms with van der Waals surface area (Å²) >= 11 is 0. The van der Waals surface area contributed by atoms with Crippen LogP contribution >= 0.6 is 0 Å². The second kappa shape index (κ2) is 5.16. The molecular weight excluding hydrogens is 138 g/mol. The van der Waals surface area contributed by atoms with Gasteiger partial charge in [0.2, 0.25) is 5.91 Å². The first-order valence-electron chi connectivity index (χ1n) is 4.28. The molecule has 0 aromatic heterocycles. The zero-order valence-corrected chi connectivity index (χ0v) is 7.98. The van der Waals surface area contributed by atoms with Crippen molar-refractivity contribution < 1.29 is 4.79 Å². The lowest BCUT2D eigenvalue weighted by atomic mass is 9.95. The molecule has 0 fully saturated rings. The van der Waals surface area contributed by atoms with Crippen LogP contribution < -0.4 is 5.32 Å². The summed E-state index contributed by atoms with van der Waals surface area (Å²) in [5, 5.41) is 2.79. The molecule has 0 heterocycles. The summed E-state index contributed by atoms with van der Waals surface area (Å²) in [6, 6.07) is 0. The molecule has 11 heavy (non-hydrogen) atoms. The van der Waals surface area contributed by atoms with Gasteiger partial charge >= 0.3 is 0 Å². The summed E-state index contributed by atoms with van der Waals surface area (Å²) < 4.78 is 0. The Balaban J connectivity index is 3.31. The number of carbonyl (C=O) groups excluding carboxylic acids is 1. The van der Waals surface area contributed by atoms with Crippen LogP contribution in [0.5, 0.6) is 0 Å². The Bertz CT molecular complexity index is 121. The first-order chi connectivity index (χ1) is 5.04. The van der Waals surface area contributed by atoms with Crippen LogP contribution in [0, 0.1) is 11.8 Å². The molecular formula is C9H19NO. The fourth-order valence-corrected chi connectivity index (χ4v) is 0.809. The van der Waals surface area contributed by atoms with Crippen molar-refractivity contribution in [1.29, 1.82) is 0 Å². The molecule has 0 aliphatic carbocycles. The lowest BCUT2D eigenvalue weighted by molar-refractivity contribution is -0.119. The van der Waals surface area contributed by atoms with Crippen molar-refractivity contribution in [3.8, 4) is 0 Å². The monoisotopic (exact) mass is 157 g/mol. The molecule has 1 N–H and O–H groups in total. The Labute approximate surface area is 69.4 Å². The molecule has 0 rings (SSSR count). The molecule has 0 bridgehead atoms. The summed E-state index contributed by atoms with van der Waals surface area (Å²) in [6.45, 7) is 9.00. The van der Waals surface area contributed by atoms with Gasteiger partial charge in [0.25, 0.3) is 0 Å². The van der Waals surface area contributed by atoms with Crippen LogP contribution in [-0.4, -0.2) is 12.5 Å². The minimum absolute atomic E-state index is 0.0703. The average molecular weight is 157 g/mol. The molecule has 0 saturated heterocycles. The first kappa shape index (κ1) is 10.5. The molecule has 66 valence electrons. The average Bonchev–Trinajstić information content (AvgIpc) is 1.86. The van der Waals surface area contributed by atoms with E-state index in [-0.39, 0.29) is 5.91 Å². The zero-order valence-electron chi connectivity index (χ0n) is 7.98. The number of hydrogen-bond donors (Lipinski definition) is 1. The van der Waals surface area contributed by atoms with Gasteiger partial charge in [-0.3, -0.25) is 4.79 Å². The van der Waals surface area contributed by atoms with Crippen LogP contribution in [0.25, 0.3) is 0 Å². The maximum Gasteiger partial charge on any atom is 0.216 e. The predicted octanol–water partition coefficient (Wildman–Crippen LogP) is 1.80. The van der Waals surface area contributed by atoms with Gasteiger partial charge in [0.1, 0.15) is 0 Å². The molecule has 0 aliphatic heterocycles. The Kier molecular flexibility index (Phi) is 4.92. The summed E-state index contributed by atoms with van der Waals surface area (Å²) in [7, 11) is 0. The topological polar surface area (TPSA) is 29.1 Å². The highest BCUT2D eigenvalue weighted by molar-refractivity contribution is 5.72. The van der Waals surface area contributed by atoms with Gasteiger partial charge in [-0.05, 0) is 18.3 Å². The van der Waals surface area contributed by atoms with Crippen LogP contribution in [-0.2, 0) is 4.79 Å². The van der Waals surface area contributed by atoms with Gasteiger partial charge in [0.05, 0.1) is 0 Å². The fraction of sp³-hybridized carbons (Fsp3) is 0.889. The van der Waals surface area contributed by atoms with Crippen LogP contribution in [0.1, 0.15) is 34.1 Å². The van der Waals surface area contributed by atoms with Crippen LogP contribution in [0.3, 0.4) is 0 Å². The van der Waals surface area contributed by atoms with Gasteiger partial charge in [-0.2, -0.15) is 0 Å². The molecule has 0 saturated carbocycles. The number of carbonyl (C=O) groups is 1. The lowest BCUT2D eigenvalue weighted by Crippen LogP contribution is -2.23. The highest BCUT2D eigenvalue weighted by Crippen LogP contribution is 2.12. The Morgan fingerprint density at radius 3 is 2.27 bits per heavy atom. The molecule has 1 amide bonds. The third-order valence-corrected chi connectivity index (χ3v) is 2.11. The molecule has 2 heteroatoms. The lowest BCUT2D eigenvalue weighted by Gasteiger charge is -2.14. The van der Waals surface area contributed by atoms with Gasteiger partial charge in [0.15, 0.2) is 0 Å². The second-order valence-electron chi connectivity index (χ2n) is 3.49. The standard InChI is InChI=1S/C9H19NO/c1-7(2)8(3)5-6-10-9(4)11/h7-8H,5-6H2,1-4H3,(H,10,11)/t8-/m0/s1. The summed E-state index contributed by atoms with van der Waals surface area (Å²) in [6.07, 6.45) is 1.08. The van der Waals surface area contributed by atoms with E-state index >= 15 is 0 Å². The van der Waals surface area contributed by atoms with Crippen LogP contribution in [0.4, 0.5) is 0 Å². The molecule has 0 aromatic carbocycles. The quantitative estimate of drug-likeness (QED) is 0.662. The van der Waals surface area contributed by atoms with Gasteiger partial charge in [-0.1, -0.05) is 20.8 Å². The Morgan fingerprint density at radius 1 is 1.36 bits per heavy atom. The Hall–Kier alpha value is -0.530. The van der Waals surface area contributed by atoms with E-state index < -0.39 is 0 Å². The molecule has 2 nitrogen and oxygen atoms in total. The molecule has 1 atom stereocenters. The normalized spacial score (nSPS) is 13.2. The maximum absolute atomic E-state index is 10.5. The number of rotatable bonds is 4. The smallest absolute Gasteiger partial charge is 0.216 e. The van der Waals surface area contributed by atoms with E-state index in [0.29, 0.717) is 11.8 Å². The summed E-state index contributed by atoms with van der Waals surface area (Å²) in [5.74, 6) is 1.48. The third-order valence-electron chi connectivity index (χ3n) is 2.11. The fourth-order valence-electron chi connectivity index (χ4n) is 0.809. The van der Waals surface area contributed by atoms with Crippen molar-refractivity contribution >= 4 is 5.91 Å². The van der Waals surface area contributed by atoms with E-state index in [4.69, 9.17) is 0 Å². The molecule has 0 aliphatic rings. The van der Waals surface area contributed by atoms with Crippen molar-refractivity contribution in [2.45, 2.75) is 34.1 Å². The highest BCUT2D eigenvalue weighted by Gasteiger charge is 2.05. The van der Waals surface area contributed by atoms with Gasteiger partial charge < -0.3 is 5.32 Å². The van der Waals surface area contributed by atoms with Crippen molar-refractivity contribution in [3.05, 3.63) is 0 Å². The summed E-state index contributed by atoms with van der Waals surface area (Å²) in [5.41, 5.74) is 0. The minimum atomic E-state index is 0.0703. The van der Waals surface area contributed by atoms with Crippen molar-refractivity contribution in [3.63, 3.8) is 0 Å². The van der Waals surface area contributed by atoms with Crippen molar-refractivity contribution in [2.75, 3.05) is 6.54 Å². The van der Waals surface area contributed by atoms with Crippen molar-refractivity contribution in [2.24, 2.45) is 11.8 Å². The molecule has 0 radical (unpaired) electrons.